The van der Waals surface area contributed by atoms with Gasteiger partial charge >= 0.3 is 5.97 Å². The first-order valence-corrected chi connectivity index (χ1v) is 10.8. The zero-order valence-corrected chi connectivity index (χ0v) is 18.7. The molecule has 0 aliphatic carbocycles. The second-order valence-electron chi connectivity index (χ2n) is 7.56. The average Bonchev–Trinajstić information content (AvgIpc) is 3.37. The summed E-state index contributed by atoms with van der Waals surface area (Å²) in [5.74, 6) is 0.236. The number of ketones is 1. The van der Waals surface area contributed by atoms with E-state index in [0.29, 0.717) is 35.8 Å². The number of aromatic nitrogens is 1. The van der Waals surface area contributed by atoms with Crippen LogP contribution in [0.4, 0.5) is 0 Å². The minimum atomic E-state index is -0.578. The molecule has 2 heterocycles. The van der Waals surface area contributed by atoms with E-state index in [0.717, 1.165) is 37.4 Å². The quantitative estimate of drug-likeness (QED) is 0.418. The molecule has 1 fully saturated rings. The van der Waals surface area contributed by atoms with E-state index >= 15 is 0 Å². The molecule has 0 spiro atoms. The van der Waals surface area contributed by atoms with Crippen LogP contribution in [0.2, 0.25) is 0 Å². The highest BCUT2D eigenvalue weighted by Crippen LogP contribution is 2.29. The summed E-state index contributed by atoms with van der Waals surface area (Å²) in [5.41, 5.74) is 2.75. The molecule has 7 heteroatoms. The van der Waals surface area contributed by atoms with Crippen LogP contribution in [0.5, 0.6) is 11.5 Å². The number of ether oxygens (including phenoxy) is 4. The largest absolute Gasteiger partial charge is 0.490 e. The van der Waals surface area contributed by atoms with Gasteiger partial charge in [0.15, 0.2) is 18.1 Å². The summed E-state index contributed by atoms with van der Waals surface area (Å²) in [7, 11) is 0. The van der Waals surface area contributed by atoms with Crippen molar-refractivity contribution in [1.82, 2.24) is 4.57 Å². The number of hydrogen-bond acceptors (Lipinski definition) is 6. The molecule has 0 amide bonds. The van der Waals surface area contributed by atoms with E-state index < -0.39 is 5.97 Å². The molecule has 0 unspecified atom stereocenters. The Morgan fingerprint density at radius 3 is 2.52 bits per heavy atom. The number of hydrogen-bond donors (Lipinski definition) is 0. The zero-order chi connectivity index (χ0) is 22.4. The molecule has 1 atom stereocenters. The van der Waals surface area contributed by atoms with Gasteiger partial charge in [0.05, 0.1) is 24.9 Å². The number of Topliss-reactive ketones (excluding diaryl/α,β-unsaturated/α-hetero) is 1. The fourth-order valence-electron chi connectivity index (χ4n) is 3.83. The number of esters is 1. The Balaban J connectivity index is 1.65. The van der Waals surface area contributed by atoms with Crippen LogP contribution in [0.1, 0.15) is 58.8 Å². The Kier molecular flexibility index (Phi) is 7.74. The summed E-state index contributed by atoms with van der Waals surface area (Å²) in [4.78, 5) is 25.2. The number of rotatable bonds is 10. The molecular weight excluding hydrogens is 398 g/mol. The van der Waals surface area contributed by atoms with Crippen LogP contribution in [0.15, 0.2) is 24.3 Å². The first-order chi connectivity index (χ1) is 14.9. The molecule has 31 heavy (non-hydrogen) atoms. The second-order valence-corrected chi connectivity index (χ2v) is 7.56. The molecule has 168 valence electrons. The summed E-state index contributed by atoms with van der Waals surface area (Å²) in [6, 6.07) is 6.71. The maximum absolute atomic E-state index is 12.7. The Morgan fingerprint density at radius 2 is 1.84 bits per heavy atom. The molecule has 0 bridgehead atoms. The molecule has 3 rings (SSSR count). The van der Waals surface area contributed by atoms with Crippen LogP contribution in [0.25, 0.3) is 0 Å². The lowest BCUT2D eigenvalue weighted by Crippen LogP contribution is -2.18. The number of carbonyl (C=O) groups excluding carboxylic acids is 2. The van der Waals surface area contributed by atoms with Gasteiger partial charge in [0.1, 0.15) is 0 Å². The van der Waals surface area contributed by atoms with Crippen molar-refractivity contribution >= 4 is 11.8 Å². The zero-order valence-electron chi connectivity index (χ0n) is 18.7. The Hall–Kier alpha value is -2.80. The fraction of sp³-hybridized carbons (Fsp3) is 0.500. The lowest BCUT2D eigenvalue weighted by atomic mass is 10.1. The van der Waals surface area contributed by atoms with Gasteiger partial charge in [0.2, 0.25) is 5.78 Å². The maximum atomic E-state index is 12.7. The SMILES string of the molecule is CCOc1ccc(C(=O)OCC(=O)c2cc(C)n(C[C@H]3CCCO3)c2C)cc1OCC. The van der Waals surface area contributed by atoms with Crippen molar-refractivity contribution in [3.8, 4) is 11.5 Å². The lowest BCUT2D eigenvalue weighted by Gasteiger charge is -2.15. The summed E-state index contributed by atoms with van der Waals surface area (Å²) in [6.45, 7) is 9.76. The van der Waals surface area contributed by atoms with Crippen molar-refractivity contribution < 1.29 is 28.5 Å². The van der Waals surface area contributed by atoms with E-state index in [1.807, 2.05) is 33.8 Å². The van der Waals surface area contributed by atoms with Gasteiger partial charge in [0, 0.05) is 30.1 Å². The van der Waals surface area contributed by atoms with Gasteiger partial charge in [-0.15, -0.1) is 0 Å². The predicted octanol–water partition coefficient (Wildman–Crippen LogP) is 4.12. The standard InChI is InChI=1S/C24H31NO6/c1-5-28-22-10-9-18(13-23(22)29-6-2)24(27)31-15-21(26)20-12-16(3)25(17(20)4)14-19-8-7-11-30-19/h9-10,12-13,19H,5-8,11,14-15H2,1-4H3/t19-/m1/s1. The number of aryl methyl sites for hydroxylation is 1. The smallest absolute Gasteiger partial charge is 0.338 e. The molecule has 1 saturated heterocycles. The monoisotopic (exact) mass is 429 g/mol. The predicted molar refractivity (Wildman–Crippen MR) is 116 cm³/mol. The Labute approximate surface area is 183 Å². The third-order valence-corrected chi connectivity index (χ3v) is 5.40. The van der Waals surface area contributed by atoms with Gasteiger partial charge in [-0.25, -0.2) is 4.79 Å². The van der Waals surface area contributed by atoms with Gasteiger partial charge in [-0.05, 0) is 64.8 Å². The minimum Gasteiger partial charge on any atom is -0.490 e. The molecule has 0 saturated carbocycles. The first kappa shape index (κ1) is 22.9. The van der Waals surface area contributed by atoms with Crippen molar-refractivity contribution in [2.24, 2.45) is 0 Å². The van der Waals surface area contributed by atoms with Gasteiger partial charge < -0.3 is 23.5 Å². The van der Waals surface area contributed by atoms with Crippen molar-refractivity contribution in [1.29, 1.82) is 0 Å². The second kappa shape index (κ2) is 10.5. The molecule has 0 radical (unpaired) electrons. The third-order valence-electron chi connectivity index (χ3n) is 5.40. The van der Waals surface area contributed by atoms with E-state index in [1.165, 1.54) is 0 Å². The van der Waals surface area contributed by atoms with Crippen molar-refractivity contribution in [3.05, 3.63) is 46.8 Å². The van der Waals surface area contributed by atoms with Crippen molar-refractivity contribution in [3.63, 3.8) is 0 Å². The highest BCUT2D eigenvalue weighted by molar-refractivity contribution is 6.00. The molecule has 7 nitrogen and oxygen atoms in total. The molecule has 1 aromatic heterocycles. The first-order valence-electron chi connectivity index (χ1n) is 10.8. The fourth-order valence-corrected chi connectivity index (χ4v) is 3.83. The number of carbonyl (C=O) groups is 2. The topological polar surface area (TPSA) is 76.0 Å². The molecule has 0 N–H and O–H groups in total. The van der Waals surface area contributed by atoms with Crippen molar-refractivity contribution in [2.75, 3.05) is 26.4 Å². The third kappa shape index (κ3) is 5.47. The van der Waals surface area contributed by atoms with Crippen LogP contribution in [-0.4, -0.2) is 48.9 Å². The van der Waals surface area contributed by atoms with Crippen LogP contribution >= 0.6 is 0 Å². The Morgan fingerprint density at radius 1 is 1.10 bits per heavy atom. The normalized spacial score (nSPS) is 15.7. The van der Waals surface area contributed by atoms with E-state index in [2.05, 4.69) is 4.57 Å². The van der Waals surface area contributed by atoms with Gasteiger partial charge in [-0.2, -0.15) is 0 Å². The van der Waals surface area contributed by atoms with E-state index in [9.17, 15) is 9.59 Å². The lowest BCUT2D eigenvalue weighted by molar-refractivity contribution is 0.0474. The van der Waals surface area contributed by atoms with Crippen LogP contribution in [0, 0.1) is 13.8 Å². The molecular formula is C24H31NO6. The van der Waals surface area contributed by atoms with Crippen LogP contribution in [-0.2, 0) is 16.0 Å². The van der Waals surface area contributed by atoms with E-state index in [-0.39, 0.29) is 18.5 Å². The Bertz CT molecular complexity index is 926. The molecule has 2 aromatic rings. The van der Waals surface area contributed by atoms with Crippen molar-refractivity contribution in [2.45, 2.75) is 53.2 Å². The maximum Gasteiger partial charge on any atom is 0.338 e. The number of nitrogens with zero attached hydrogens (tertiary/aromatic N) is 1. The van der Waals surface area contributed by atoms with Gasteiger partial charge in [0.25, 0.3) is 0 Å². The van der Waals surface area contributed by atoms with Crippen LogP contribution in [0.3, 0.4) is 0 Å². The summed E-state index contributed by atoms with van der Waals surface area (Å²) < 4.78 is 24.2. The molecule has 1 aliphatic rings. The van der Waals surface area contributed by atoms with Crippen LogP contribution < -0.4 is 9.47 Å². The van der Waals surface area contributed by atoms with Gasteiger partial charge in [-0.3, -0.25) is 4.79 Å². The van der Waals surface area contributed by atoms with Gasteiger partial charge in [-0.1, -0.05) is 0 Å². The summed E-state index contributed by atoms with van der Waals surface area (Å²) in [5, 5.41) is 0. The minimum absolute atomic E-state index is 0.185. The summed E-state index contributed by atoms with van der Waals surface area (Å²) >= 11 is 0. The number of benzene rings is 1. The molecule has 1 aromatic carbocycles. The summed E-state index contributed by atoms with van der Waals surface area (Å²) in [6.07, 6.45) is 2.29. The molecule has 1 aliphatic heterocycles. The highest BCUT2D eigenvalue weighted by atomic mass is 16.5. The van der Waals surface area contributed by atoms with E-state index in [4.69, 9.17) is 18.9 Å². The van der Waals surface area contributed by atoms with E-state index in [1.54, 1.807) is 18.2 Å². The average molecular weight is 430 g/mol. The highest BCUT2D eigenvalue weighted by Gasteiger charge is 2.22.